The molecular formula is C12H14N4O2. The molecule has 1 saturated carbocycles. The van der Waals surface area contributed by atoms with E-state index < -0.39 is 5.97 Å². The Labute approximate surface area is 104 Å². The lowest BCUT2D eigenvalue weighted by Gasteiger charge is -2.21. The van der Waals surface area contributed by atoms with Gasteiger partial charge in [0.15, 0.2) is 5.65 Å². The van der Waals surface area contributed by atoms with Gasteiger partial charge in [0.25, 0.3) is 0 Å². The van der Waals surface area contributed by atoms with Crippen LogP contribution in [0.4, 0.5) is 5.82 Å². The van der Waals surface area contributed by atoms with E-state index in [-0.39, 0.29) is 6.54 Å². The summed E-state index contributed by atoms with van der Waals surface area (Å²) >= 11 is 0. The minimum Gasteiger partial charge on any atom is -0.480 e. The number of fused-ring (bicyclic) bond motifs is 1. The molecule has 0 saturated heterocycles. The lowest BCUT2D eigenvalue weighted by Crippen LogP contribution is -2.32. The zero-order chi connectivity index (χ0) is 12.5. The van der Waals surface area contributed by atoms with Crippen molar-refractivity contribution < 1.29 is 9.90 Å². The Bertz CT molecular complexity index is 576. The van der Waals surface area contributed by atoms with Gasteiger partial charge in [-0.2, -0.15) is 5.10 Å². The molecule has 2 heterocycles. The third-order valence-electron chi connectivity index (χ3n) is 3.07. The SMILES string of the molecule is O=C(O)CN(CC1CC1)c1ccn2nccc2n1. The summed E-state index contributed by atoms with van der Waals surface area (Å²) in [5.74, 6) is 0.496. The molecule has 0 bridgehead atoms. The molecule has 0 radical (unpaired) electrons. The summed E-state index contributed by atoms with van der Waals surface area (Å²) < 4.78 is 1.67. The van der Waals surface area contributed by atoms with E-state index in [1.54, 1.807) is 23.0 Å². The van der Waals surface area contributed by atoms with Crippen molar-refractivity contribution in [3.05, 3.63) is 24.5 Å². The number of carbonyl (C=O) groups is 1. The van der Waals surface area contributed by atoms with E-state index in [2.05, 4.69) is 10.1 Å². The summed E-state index contributed by atoms with van der Waals surface area (Å²) in [5, 5.41) is 13.0. The van der Waals surface area contributed by atoms with E-state index in [9.17, 15) is 4.79 Å². The number of rotatable bonds is 5. The lowest BCUT2D eigenvalue weighted by atomic mass is 10.3. The normalized spacial score (nSPS) is 14.9. The average molecular weight is 246 g/mol. The largest absolute Gasteiger partial charge is 0.480 e. The molecule has 1 fully saturated rings. The van der Waals surface area contributed by atoms with Crippen LogP contribution in [-0.2, 0) is 4.79 Å². The second kappa shape index (κ2) is 4.29. The molecular weight excluding hydrogens is 232 g/mol. The molecule has 1 aliphatic carbocycles. The van der Waals surface area contributed by atoms with Crippen molar-refractivity contribution in [3.8, 4) is 0 Å². The molecule has 3 rings (SSSR count). The van der Waals surface area contributed by atoms with E-state index in [4.69, 9.17) is 5.11 Å². The monoisotopic (exact) mass is 246 g/mol. The minimum absolute atomic E-state index is 0.00614. The van der Waals surface area contributed by atoms with E-state index in [0.29, 0.717) is 11.7 Å². The van der Waals surface area contributed by atoms with Crippen LogP contribution in [0.2, 0.25) is 0 Å². The highest BCUT2D eigenvalue weighted by molar-refractivity contribution is 5.73. The standard InChI is InChI=1S/C12H14N4O2/c17-12(18)8-15(7-9-1-2-9)10-4-6-16-11(14-10)3-5-13-16/h3-6,9H,1-2,7-8H2,(H,17,18). The fraction of sp³-hybridized carbons (Fsp3) is 0.417. The van der Waals surface area contributed by atoms with Crippen molar-refractivity contribution in [3.63, 3.8) is 0 Å². The van der Waals surface area contributed by atoms with Gasteiger partial charge in [0, 0.05) is 18.8 Å². The predicted molar refractivity (Wildman–Crippen MR) is 65.6 cm³/mol. The maximum atomic E-state index is 10.9. The van der Waals surface area contributed by atoms with Crippen LogP contribution < -0.4 is 4.90 Å². The van der Waals surface area contributed by atoms with Gasteiger partial charge in [-0.05, 0) is 24.8 Å². The number of carboxylic acids is 1. The molecule has 0 unspecified atom stereocenters. The highest BCUT2D eigenvalue weighted by Crippen LogP contribution is 2.30. The number of hydrogen-bond donors (Lipinski definition) is 1. The van der Waals surface area contributed by atoms with Crippen LogP contribution in [0, 0.1) is 5.92 Å². The molecule has 1 N–H and O–H groups in total. The minimum atomic E-state index is -0.828. The summed E-state index contributed by atoms with van der Waals surface area (Å²) in [6, 6.07) is 3.62. The van der Waals surface area contributed by atoms with Crippen LogP contribution >= 0.6 is 0 Å². The van der Waals surface area contributed by atoms with Gasteiger partial charge in [0.1, 0.15) is 12.4 Å². The van der Waals surface area contributed by atoms with E-state index in [1.165, 1.54) is 12.8 Å². The first-order chi connectivity index (χ1) is 8.72. The lowest BCUT2D eigenvalue weighted by molar-refractivity contribution is -0.135. The molecule has 6 heteroatoms. The van der Waals surface area contributed by atoms with Gasteiger partial charge in [-0.25, -0.2) is 9.50 Å². The molecule has 0 spiro atoms. The summed E-state index contributed by atoms with van der Waals surface area (Å²) in [6.07, 6.45) is 5.85. The maximum absolute atomic E-state index is 10.9. The first kappa shape index (κ1) is 11.0. The smallest absolute Gasteiger partial charge is 0.323 e. The van der Waals surface area contributed by atoms with Crippen molar-refractivity contribution in [1.29, 1.82) is 0 Å². The fourth-order valence-electron chi connectivity index (χ4n) is 1.99. The number of aromatic nitrogens is 3. The van der Waals surface area contributed by atoms with Gasteiger partial charge in [0.2, 0.25) is 0 Å². The van der Waals surface area contributed by atoms with Crippen molar-refractivity contribution in [2.24, 2.45) is 5.92 Å². The third-order valence-corrected chi connectivity index (χ3v) is 3.07. The van der Waals surface area contributed by atoms with Crippen molar-refractivity contribution in [1.82, 2.24) is 14.6 Å². The van der Waals surface area contributed by atoms with Gasteiger partial charge in [-0.1, -0.05) is 0 Å². The van der Waals surface area contributed by atoms with Gasteiger partial charge in [-0.3, -0.25) is 4.79 Å². The predicted octanol–water partition coefficient (Wildman–Crippen LogP) is 1.03. The highest BCUT2D eigenvalue weighted by Gasteiger charge is 2.26. The topological polar surface area (TPSA) is 70.7 Å². The van der Waals surface area contributed by atoms with Crippen LogP contribution in [0.25, 0.3) is 5.65 Å². The molecule has 94 valence electrons. The second-order valence-corrected chi connectivity index (χ2v) is 4.64. The first-order valence-electron chi connectivity index (χ1n) is 5.99. The molecule has 0 amide bonds. The van der Waals surface area contributed by atoms with Gasteiger partial charge >= 0.3 is 5.97 Å². The van der Waals surface area contributed by atoms with Gasteiger partial charge < -0.3 is 10.0 Å². The Morgan fingerprint density at radius 3 is 3.06 bits per heavy atom. The Hall–Kier alpha value is -2.11. The highest BCUT2D eigenvalue weighted by atomic mass is 16.4. The Balaban J connectivity index is 1.88. The van der Waals surface area contributed by atoms with Crippen LogP contribution in [0.15, 0.2) is 24.5 Å². The Morgan fingerprint density at radius 1 is 1.50 bits per heavy atom. The first-order valence-corrected chi connectivity index (χ1v) is 5.99. The molecule has 1 aliphatic rings. The second-order valence-electron chi connectivity index (χ2n) is 4.64. The zero-order valence-corrected chi connectivity index (χ0v) is 9.86. The number of nitrogens with zero attached hydrogens (tertiary/aromatic N) is 4. The van der Waals surface area contributed by atoms with Gasteiger partial charge in [0.05, 0.1) is 6.20 Å². The van der Waals surface area contributed by atoms with Crippen molar-refractivity contribution >= 4 is 17.4 Å². The molecule has 2 aromatic rings. The molecule has 6 nitrogen and oxygen atoms in total. The number of carboxylic acid groups (broad SMARTS) is 1. The zero-order valence-electron chi connectivity index (χ0n) is 9.86. The molecule has 0 aliphatic heterocycles. The maximum Gasteiger partial charge on any atom is 0.323 e. The summed E-state index contributed by atoms with van der Waals surface area (Å²) in [6.45, 7) is 0.761. The van der Waals surface area contributed by atoms with Gasteiger partial charge in [-0.15, -0.1) is 0 Å². The average Bonchev–Trinajstić information content (AvgIpc) is 3.03. The van der Waals surface area contributed by atoms with Crippen LogP contribution in [0.5, 0.6) is 0 Å². The Kier molecular flexibility index (Phi) is 2.62. The number of aliphatic carboxylic acids is 1. The fourth-order valence-corrected chi connectivity index (χ4v) is 1.99. The van der Waals surface area contributed by atoms with Crippen LogP contribution in [-0.4, -0.2) is 38.8 Å². The van der Waals surface area contributed by atoms with Crippen LogP contribution in [0.1, 0.15) is 12.8 Å². The summed E-state index contributed by atoms with van der Waals surface area (Å²) in [7, 11) is 0. The van der Waals surface area contributed by atoms with E-state index in [1.807, 2.05) is 11.0 Å². The molecule has 0 atom stereocenters. The van der Waals surface area contributed by atoms with Crippen LogP contribution in [0.3, 0.4) is 0 Å². The van der Waals surface area contributed by atoms with E-state index >= 15 is 0 Å². The Morgan fingerprint density at radius 2 is 2.33 bits per heavy atom. The van der Waals surface area contributed by atoms with Crippen molar-refractivity contribution in [2.75, 3.05) is 18.0 Å². The number of hydrogen-bond acceptors (Lipinski definition) is 4. The third kappa shape index (κ3) is 2.27. The summed E-state index contributed by atoms with van der Waals surface area (Å²) in [5.41, 5.74) is 0.735. The quantitative estimate of drug-likeness (QED) is 0.853. The summed E-state index contributed by atoms with van der Waals surface area (Å²) in [4.78, 5) is 17.2. The van der Waals surface area contributed by atoms with Crippen molar-refractivity contribution in [2.45, 2.75) is 12.8 Å². The molecule has 0 aromatic carbocycles. The molecule has 18 heavy (non-hydrogen) atoms. The number of anilines is 1. The van der Waals surface area contributed by atoms with E-state index in [0.717, 1.165) is 12.2 Å². The molecule has 2 aromatic heterocycles.